The molecule has 1 aromatic rings. The molecule has 1 aliphatic heterocycles. The smallest absolute Gasteiger partial charge is 0.191 e. The zero-order valence-electron chi connectivity index (χ0n) is 14.6. The standard InChI is InChI=1S/C19H26FN3O.HI/c1-21-18(23-17-7-2-3-8-17)22-14-19(9-11-24-12-10-19)15-5-4-6-16(20)13-15;/h2-6,13,17H,7-12,14H2,1H3,(H2,21,22,23);1H. The number of nitrogens with zero attached hydrogens (tertiary/aromatic N) is 1. The minimum atomic E-state index is -0.182. The molecular formula is C19H27FIN3O. The van der Waals surface area contributed by atoms with Crippen LogP contribution in [0.15, 0.2) is 41.4 Å². The van der Waals surface area contributed by atoms with Crippen LogP contribution in [0.2, 0.25) is 0 Å². The lowest BCUT2D eigenvalue weighted by atomic mass is 9.74. The van der Waals surface area contributed by atoms with Crippen LogP contribution in [-0.4, -0.2) is 38.8 Å². The Bertz CT molecular complexity index is 606. The van der Waals surface area contributed by atoms with Gasteiger partial charge in [0.1, 0.15) is 5.82 Å². The fourth-order valence-electron chi connectivity index (χ4n) is 3.52. The number of ether oxygens (including phenoxy) is 1. The van der Waals surface area contributed by atoms with Crippen molar-refractivity contribution in [2.45, 2.75) is 37.1 Å². The van der Waals surface area contributed by atoms with E-state index in [0.29, 0.717) is 19.3 Å². The van der Waals surface area contributed by atoms with Crippen LogP contribution in [0.5, 0.6) is 0 Å². The number of rotatable bonds is 4. The molecule has 0 atom stereocenters. The van der Waals surface area contributed by atoms with Gasteiger partial charge >= 0.3 is 0 Å². The van der Waals surface area contributed by atoms with Gasteiger partial charge in [0.25, 0.3) is 0 Å². The normalized spacial score (nSPS) is 20.2. The number of guanidine groups is 1. The van der Waals surface area contributed by atoms with E-state index in [1.165, 1.54) is 6.07 Å². The van der Waals surface area contributed by atoms with Crippen LogP contribution < -0.4 is 10.6 Å². The van der Waals surface area contributed by atoms with E-state index >= 15 is 0 Å². The van der Waals surface area contributed by atoms with Crippen molar-refractivity contribution in [1.82, 2.24) is 10.6 Å². The Labute approximate surface area is 166 Å². The van der Waals surface area contributed by atoms with Crippen molar-refractivity contribution in [2.24, 2.45) is 4.99 Å². The maximum atomic E-state index is 13.7. The van der Waals surface area contributed by atoms with E-state index in [1.807, 2.05) is 6.07 Å². The highest BCUT2D eigenvalue weighted by Gasteiger charge is 2.35. The average molecular weight is 459 g/mol. The summed E-state index contributed by atoms with van der Waals surface area (Å²) in [4.78, 5) is 4.34. The van der Waals surface area contributed by atoms with Crippen molar-refractivity contribution in [3.8, 4) is 0 Å². The number of halogens is 2. The molecule has 1 aliphatic carbocycles. The first kappa shape index (κ1) is 20.2. The fraction of sp³-hybridized carbons (Fsp3) is 0.526. The maximum Gasteiger partial charge on any atom is 0.191 e. The third-order valence-electron chi connectivity index (χ3n) is 5.05. The number of nitrogens with one attached hydrogen (secondary N) is 2. The molecule has 25 heavy (non-hydrogen) atoms. The van der Waals surface area contributed by atoms with Crippen molar-refractivity contribution < 1.29 is 9.13 Å². The Morgan fingerprint density at radius 1 is 1.28 bits per heavy atom. The van der Waals surface area contributed by atoms with Crippen LogP contribution in [0.4, 0.5) is 4.39 Å². The number of benzene rings is 1. The third-order valence-corrected chi connectivity index (χ3v) is 5.05. The molecule has 0 saturated carbocycles. The lowest BCUT2D eigenvalue weighted by molar-refractivity contribution is 0.0512. The fourth-order valence-corrected chi connectivity index (χ4v) is 3.52. The van der Waals surface area contributed by atoms with Crippen molar-refractivity contribution in [2.75, 3.05) is 26.8 Å². The zero-order chi connectivity index (χ0) is 16.8. The van der Waals surface area contributed by atoms with Crippen molar-refractivity contribution in [1.29, 1.82) is 0 Å². The lowest BCUT2D eigenvalue weighted by Crippen LogP contribution is -2.49. The van der Waals surface area contributed by atoms with E-state index in [0.717, 1.165) is 43.8 Å². The minimum absolute atomic E-state index is 0. The molecule has 0 aromatic heterocycles. The summed E-state index contributed by atoms with van der Waals surface area (Å²) in [6.45, 7) is 2.13. The molecule has 0 bridgehead atoms. The van der Waals surface area contributed by atoms with Gasteiger partial charge in [0, 0.05) is 38.3 Å². The molecule has 2 N–H and O–H groups in total. The van der Waals surface area contributed by atoms with E-state index in [-0.39, 0.29) is 35.2 Å². The molecule has 1 fully saturated rings. The first-order valence-electron chi connectivity index (χ1n) is 8.68. The predicted octanol–water partition coefficient (Wildman–Crippen LogP) is 3.38. The first-order chi connectivity index (χ1) is 11.7. The molecule has 0 spiro atoms. The second-order valence-corrected chi connectivity index (χ2v) is 6.61. The lowest BCUT2D eigenvalue weighted by Gasteiger charge is -2.38. The van der Waals surface area contributed by atoms with Crippen LogP contribution >= 0.6 is 24.0 Å². The topological polar surface area (TPSA) is 45.7 Å². The Hall–Kier alpha value is -1.15. The molecule has 138 valence electrons. The summed E-state index contributed by atoms with van der Waals surface area (Å²) >= 11 is 0. The Kier molecular flexibility index (Phi) is 7.68. The summed E-state index contributed by atoms with van der Waals surface area (Å²) in [6.07, 6.45) is 8.21. The van der Waals surface area contributed by atoms with Gasteiger partial charge in [-0.15, -0.1) is 24.0 Å². The second-order valence-electron chi connectivity index (χ2n) is 6.61. The van der Waals surface area contributed by atoms with Gasteiger partial charge in [0.15, 0.2) is 5.96 Å². The van der Waals surface area contributed by atoms with E-state index < -0.39 is 0 Å². The summed E-state index contributed by atoms with van der Waals surface area (Å²) < 4.78 is 19.3. The highest BCUT2D eigenvalue weighted by atomic mass is 127. The van der Waals surface area contributed by atoms with Crippen molar-refractivity contribution >= 4 is 29.9 Å². The Morgan fingerprint density at radius 2 is 2.00 bits per heavy atom. The van der Waals surface area contributed by atoms with Gasteiger partial charge in [-0.05, 0) is 43.4 Å². The van der Waals surface area contributed by atoms with Crippen molar-refractivity contribution in [3.63, 3.8) is 0 Å². The van der Waals surface area contributed by atoms with E-state index in [1.54, 1.807) is 19.2 Å². The van der Waals surface area contributed by atoms with Gasteiger partial charge in [-0.2, -0.15) is 0 Å². The zero-order valence-corrected chi connectivity index (χ0v) is 17.0. The molecule has 0 unspecified atom stereocenters. The highest BCUT2D eigenvalue weighted by Crippen LogP contribution is 2.34. The van der Waals surface area contributed by atoms with E-state index in [9.17, 15) is 4.39 Å². The van der Waals surface area contributed by atoms with Crippen LogP contribution in [0.1, 0.15) is 31.2 Å². The van der Waals surface area contributed by atoms with Gasteiger partial charge in [-0.25, -0.2) is 4.39 Å². The van der Waals surface area contributed by atoms with Gasteiger partial charge in [-0.3, -0.25) is 4.99 Å². The van der Waals surface area contributed by atoms with Crippen LogP contribution in [-0.2, 0) is 10.2 Å². The highest BCUT2D eigenvalue weighted by molar-refractivity contribution is 14.0. The van der Waals surface area contributed by atoms with Gasteiger partial charge in [0.05, 0.1) is 0 Å². The summed E-state index contributed by atoms with van der Waals surface area (Å²) in [5.41, 5.74) is 0.919. The number of hydrogen-bond donors (Lipinski definition) is 2. The second kappa shape index (κ2) is 9.52. The minimum Gasteiger partial charge on any atom is -0.381 e. The first-order valence-corrected chi connectivity index (χ1v) is 8.68. The molecule has 1 heterocycles. The summed E-state index contributed by atoms with van der Waals surface area (Å²) in [6, 6.07) is 7.38. The molecule has 0 radical (unpaired) electrons. The Balaban J connectivity index is 0.00000225. The summed E-state index contributed by atoms with van der Waals surface area (Å²) in [5.74, 6) is 0.629. The molecule has 6 heteroatoms. The van der Waals surface area contributed by atoms with Gasteiger partial charge in [0.2, 0.25) is 0 Å². The summed E-state index contributed by atoms with van der Waals surface area (Å²) in [5, 5.41) is 6.91. The molecule has 2 aliphatic rings. The molecular weight excluding hydrogens is 432 g/mol. The molecule has 1 saturated heterocycles. The Morgan fingerprint density at radius 3 is 2.64 bits per heavy atom. The molecule has 3 rings (SSSR count). The van der Waals surface area contributed by atoms with Crippen LogP contribution in [0, 0.1) is 5.82 Å². The predicted molar refractivity (Wildman–Crippen MR) is 110 cm³/mol. The largest absolute Gasteiger partial charge is 0.381 e. The van der Waals surface area contributed by atoms with E-state index in [2.05, 4.69) is 27.8 Å². The molecule has 1 aromatic carbocycles. The van der Waals surface area contributed by atoms with Crippen LogP contribution in [0.25, 0.3) is 0 Å². The van der Waals surface area contributed by atoms with Crippen LogP contribution in [0.3, 0.4) is 0 Å². The van der Waals surface area contributed by atoms with Crippen molar-refractivity contribution in [3.05, 3.63) is 47.8 Å². The molecule has 0 amide bonds. The quantitative estimate of drug-likeness (QED) is 0.314. The maximum absolute atomic E-state index is 13.7. The molecule has 4 nitrogen and oxygen atoms in total. The number of aliphatic imine (C=N–C) groups is 1. The van der Waals surface area contributed by atoms with Gasteiger partial charge in [-0.1, -0.05) is 24.3 Å². The van der Waals surface area contributed by atoms with E-state index in [4.69, 9.17) is 4.74 Å². The number of hydrogen-bond acceptors (Lipinski definition) is 2. The summed E-state index contributed by atoms with van der Waals surface area (Å²) in [7, 11) is 1.79. The monoisotopic (exact) mass is 459 g/mol. The van der Waals surface area contributed by atoms with Gasteiger partial charge < -0.3 is 15.4 Å². The SMILES string of the molecule is CN=C(NCC1(c2cccc(F)c2)CCOCC1)NC1CC=CC1.I. The third kappa shape index (κ3) is 5.17. The average Bonchev–Trinajstić information content (AvgIpc) is 3.12.